The summed E-state index contributed by atoms with van der Waals surface area (Å²) in [6.07, 6.45) is 1.04. The van der Waals surface area contributed by atoms with Gasteiger partial charge in [-0.15, -0.1) is 0 Å². The van der Waals surface area contributed by atoms with Crippen molar-refractivity contribution in [2.45, 2.75) is 19.4 Å². The summed E-state index contributed by atoms with van der Waals surface area (Å²) in [5.74, 6) is 0.0295. The lowest BCUT2D eigenvalue weighted by Crippen LogP contribution is -2.43. The molecule has 0 saturated heterocycles. The standard InChI is InChI=1S/C11H25N3O2/c1-10(11(15)13-7-9-16-4)12-6-5-8-14(2)3/h10,12H,5-9H2,1-4H3,(H,13,15). The maximum atomic E-state index is 11.5. The van der Waals surface area contributed by atoms with Crippen LogP contribution in [-0.4, -0.2) is 64.3 Å². The summed E-state index contributed by atoms with van der Waals surface area (Å²) in [4.78, 5) is 13.6. The predicted octanol–water partition coefficient (Wildman–Crippen LogP) is -0.321. The molecule has 0 aliphatic rings. The van der Waals surface area contributed by atoms with Gasteiger partial charge in [0.1, 0.15) is 0 Å². The molecule has 96 valence electrons. The van der Waals surface area contributed by atoms with Crippen molar-refractivity contribution >= 4 is 5.91 Å². The van der Waals surface area contributed by atoms with Crippen molar-refractivity contribution in [1.29, 1.82) is 0 Å². The van der Waals surface area contributed by atoms with Gasteiger partial charge in [0.2, 0.25) is 5.91 Å². The number of nitrogens with one attached hydrogen (secondary N) is 2. The number of nitrogens with zero attached hydrogens (tertiary/aromatic N) is 1. The van der Waals surface area contributed by atoms with Gasteiger partial charge in [0, 0.05) is 13.7 Å². The van der Waals surface area contributed by atoms with Gasteiger partial charge in [0.05, 0.1) is 12.6 Å². The number of hydrogen-bond acceptors (Lipinski definition) is 4. The van der Waals surface area contributed by atoms with E-state index in [9.17, 15) is 4.79 Å². The summed E-state index contributed by atoms with van der Waals surface area (Å²) < 4.78 is 4.86. The molecule has 1 amide bonds. The van der Waals surface area contributed by atoms with Crippen LogP contribution in [0.2, 0.25) is 0 Å². The third-order valence-corrected chi connectivity index (χ3v) is 2.23. The molecular weight excluding hydrogens is 206 g/mol. The molecule has 1 unspecified atom stereocenters. The maximum Gasteiger partial charge on any atom is 0.236 e. The summed E-state index contributed by atoms with van der Waals surface area (Å²) in [5.41, 5.74) is 0. The van der Waals surface area contributed by atoms with Gasteiger partial charge in [-0.25, -0.2) is 0 Å². The van der Waals surface area contributed by atoms with E-state index < -0.39 is 0 Å². The van der Waals surface area contributed by atoms with E-state index in [1.807, 2.05) is 21.0 Å². The van der Waals surface area contributed by atoms with Gasteiger partial charge in [-0.2, -0.15) is 0 Å². The van der Waals surface area contributed by atoms with Crippen LogP contribution in [-0.2, 0) is 9.53 Å². The van der Waals surface area contributed by atoms with E-state index in [0.29, 0.717) is 13.2 Å². The first kappa shape index (κ1) is 15.3. The number of ether oxygens (including phenoxy) is 1. The Morgan fingerprint density at radius 1 is 1.38 bits per heavy atom. The van der Waals surface area contributed by atoms with Crippen molar-refractivity contribution in [3.63, 3.8) is 0 Å². The first-order valence-electron chi connectivity index (χ1n) is 5.72. The van der Waals surface area contributed by atoms with E-state index in [0.717, 1.165) is 19.5 Å². The number of carbonyl (C=O) groups is 1. The molecule has 0 saturated carbocycles. The van der Waals surface area contributed by atoms with Crippen LogP contribution in [0, 0.1) is 0 Å². The smallest absolute Gasteiger partial charge is 0.236 e. The summed E-state index contributed by atoms with van der Waals surface area (Å²) in [6.45, 7) is 4.89. The molecule has 2 N–H and O–H groups in total. The fourth-order valence-corrected chi connectivity index (χ4v) is 1.24. The lowest BCUT2D eigenvalue weighted by Gasteiger charge is -2.15. The number of rotatable bonds is 9. The fourth-order valence-electron chi connectivity index (χ4n) is 1.24. The average molecular weight is 231 g/mol. The number of amides is 1. The SMILES string of the molecule is COCCNC(=O)C(C)NCCCN(C)C. The van der Waals surface area contributed by atoms with Crippen LogP contribution in [0.1, 0.15) is 13.3 Å². The van der Waals surface area contributed by atoms with Gasteiger partial charge >= 0.3 is 0 Å². The van der Waals surface area contributed by atoms with E-state index in [1.54, 1.807) is 7.11 Å². The Hall–Kier alpha value is -0.650. The zero-order valence-electron chi connectivity index (χ0n) is 10.9. The minimum absolute atomic E-state index is 0.0295. The molecule has 0 bridgehead atoms. The summed E-state index contributed by atoms with van der Waals surface area (Å²) >= 11 is 0. The third-order valence-electron chi connectivity index (χ3n) is 2.23. The highest BCUT2D eigenvalue weighted by atomic mass is 16.5. The Morgan fingerprint density at radius 3 is 2.62 bits per heavy atom. The molecule has 0 aromatic rings. The van der Waals surface area contributed by atoms with Crippen LogP contribution in [0.25, 0.3) is 0 Å². The number of hydrogen-bond donors (Lipinski definition) is 2. The Balaban J connectivity index is 3.47. The lowest BCUT2D eigenvalue weighted by atomic mass is 10.3. The first-order valence-corrected chi connectivity index (χ1v) is 5.72. The first-order chi connectivity index (χ1) is 7.57. The molecule has 1 atom stereocenters. The van der Waals surface area contributed by atoms with Gasteiger partial charge in [0.15, 0.2) is 0 Å². The molecule has 0 aliphatic heterocycles. The molecule has 0 radical (unpaired) electrons. The normalized spacial score (nSPS) is 12.8. The minimum atomic E-state index is -0.140. The highest BCUT2D eigenvalue weighted by molar-refractivity contribution is 5.81. The molecule has 0 spiro atoms. The second-order valence-corrected chi connectivity index (χ2v) is 4.12. The fraction of sp³-hybridized carbons (Fsp3) is 0.909. The van der Waals surface area contributed by atoms with Crippen LogP contribution in [0.5, 0.6) is 0 Å². The van der Waals surface area contributed by atoms with Crippen LogP contribution in [0.3, 0.4) is 0 Å². The van der Waals surface area contributed by atoms with Crippen molar-refractivity contribution in [1.82, 2.24) is 15.5 Å². The van der Waals surface area contributed by atoms with Crippen LogP contribution in [0.15, 0.2) is 0 Å². The molecule has 0 fully saturated rings. The molecule has 0 aromatic carbocycles. The zero-order chi connectivity index (χ0) is 12.4. The van der Waals surface area contributed by atoms with Crippen molar-refractivity contribution in [2.75, 3.05) is 47.4 Å². The summed E-state index contributed by atoms with van der Waals surface area (Å²) in [6, 6.07) is -0.140. The molecule has 5 heteroatoms. The molecule has 5 nitrogen and oxygen atoms in total. The van der Waals surface area contributed by atoms with E-state index in [1.165, 1.54) is 0 Å². The average Bonchev–Trinajstić information content (AvgIpc) is 2.24. The lowest BCUT2D eigenvalue weighted by molar-refractivity contribution is -0.122. The quantitative estimate of drug-likeness (QED) is 0.534. The Labute approximate surface area is 98.5 Å². The van der Waals surface area contributed by atoms with Crippen molar-refractivity contribution in [2.24, 2.45) is 0 Å². The Morgan fingerprint density at radius 2 is 2.06 bits per heavy atom. The van der Waals surface area contributed by atoms with Crippen molar-refractivity contribution in [3.8, 4) is 0 Å². The van der Waals surface area contributed by atoms with Gasteiger partial charge in [-0.05, 0) is 40.5 Å². The van der Waals surface area contributed by atoms with Crippen molar-refractivity contribution in [3.05, 3.63) is 0 Å². The Bertz CT molecular complexity index is 186. The largest absolute Gasteiger partial charge is 0.383 e. The molecule has 16 heavy (non-hydrogen) atoms. The third kappa shape index (κ3) is 8.64. The zero-order valence-corrected chi connectivity index (χ0v) is 10.9. The van der Waals surface area contributed by atoms with Gasteiger partial charge in [-0.1, -0.05) is 0 Å². The second kappa shape index (κ2) is 9.57. The van der Waals surface area contributed by atoms with Crippen molar-refractivity contribution < 1.29 is 9.53 Å². The van der Waals surface area contributed by atoms with E-state index in [4.69, 9.17) is 4.74 Å². The highest BCUT2D eigenvalue weighted by Gasteiger charge is 2.10. The minimum Gasteiger partial charge on any atom is -0.383 e. The predicted molar refractivity (Wildman–Crippen MR) is 65.5 cm³/mol. The summed E-state index contributed by atoms with van der Waals surface area (Å²) in [5, 5.41) is 5.98. The topological polar surface area (TPSA) is 53.6 Å². The van der Waals surface area contributed by atoms with Crippen LogP contribution in [0.4, 0.5) is 0 Å². The van der Waals surface area contributed by atoms with Gasteiger partial charge in [0.25, 0.3) is 0 Å². The van der Waals surface area contributed by atoms with E-state index >= 15 is 0 Å². The number of methoxy groups -OCH3 is 1. The summed E-state index contributed by atoms with van der Waals surface area (Å²) in [7, 11) is 5.71. The molecular formula is C11H25N3O2. The van der Waals surface area contributed by atoms with Gasteiger partial charge < -0.3 is 20.3 Å². The van der Waals surface area contributed by atoms with Gasteiger partial charge in [-0.3, -0.25) is 4.79 Å². The molecule has 0 rings (SSSR count). The molecule has 0 aromatic heterocycles. The van der Waals surface area contributed by atoms with Crippen LogP contribution < -0.4 is 10.6 Å². The highest BCUT2D eigenvalue weighted by Crippen LogP contribution is 1.85. The van der Waals surface area contributed by atoms with E-state index in [2.05, 4.69) is 15.5 Å². The second-order valence-electron chi connectivity index (χ2n) is 4.12. The van der Waals surface area contributed by atoms with Crippen LogP contribution >= 0.6 is 0 Å². The Kier molecular flexibility index (Phi) is 9.18. The molecule has 0 heterocycles. The maximum absolute atomic E-state index is 11.5. The number of carbonyl (C=O) groups excluding carboxylic acids is 1. The molecule has 0 aliphatic carbocycles. The van der Waals surface area contributed by atoms with E-state index in [-0.39, 0.29) is 11.9 Å². The monoisotopic (exact) mass is 231 g/mol.